The lowest BCUT2D eigenvalue weighted by Crippen LogP contribution is -2.01. The zero-order valence-electron chi connectivity index (χ0n) is 6.79. The second-order valence-electron chi connectivity index (χ2n) is 2.58. The standard InChI is InChI=1S/C9H8N2O2/c12-9(8-4-6-13-11-8)7-3-1-2-5-10-7/h1-6,9,12H. The molecule has 1 atom stereocenters. The van der Waals surface area contributed by atoms with E-state index >= 15 is 0 Å². The van der Waals surface area contributed by atoms with Gasteiger partial charge in [-0.1, -0.05) is 11.2 Å². The zero-order valence-corrected chi connectivity index (χ0v) is 6.79. The highest BCUT2D eigenvalue weighted by Gasteiger charge is 2.13. The first kappa shape index (κ1) is 7.94. The summed E-state index contributed by atoms with van der Waals surface area (Å²) in [5.74, 6) is 0. The average Bonchev–Trinajstić information content (AvgIpc) is 2.71. The van der Waals surface area contributed by atoms with E-state index in [0.29, 0.717) is 11.4 Å². The van der Waals surface area contributed by atoms with Crippen LogP contribution in [-0.4, -0.2) is 15.2 Å². The Hall–Kier alpha value is -1.68. The Bertz CT molecular complexity index is 358. The highest BCUT2D eigenvalue weighted by Crippen LogP contribution is 2.16. The van der Waals surface area contributed by atoms with Gasteiger partial charge in [-0.25, -0.2) is 0 Å². The van der Waals surface area contributed by atoms with Gasteiger partial charge in [0.1, 0.15) is 18.1 Å². The van der Waals surface area contributed by atoms with Crippen LogP contribution in [0.5, 0.6) is 0 Å². The molecule has 2 heterocycles. The first-order valence-corrected chi connectivity index (χ1v) is 3.87. The Labute approximate surface area is 74.8 Å². The third kappa shape index (κ3) is 1.57. The molecular weight excluding hydrogens is 168 g/mol. The number of aliphatic hydroxyl groups is 1. The molecule has 4 nitrogen and oxygen atoms in total. The molecule has 2 aromatic rings. The van der Waals surface area contributed by atoms with Crippen molar-refractivity contribution in [1.82, 2.24) is 10.1 Å². The lowest BCUT2D eigenvalue weighted by molar-refractivity contribution is 0.203. The minimum atomic E-state index is -0.806. The number of aromatic nitrogens is 2. The van der Waals surface area contributed by atoms with Gasteiger partial charge in [-0.15, -0.1) is 0 Å². The molecule has 0 fully saturated rings. The minimum Gasteiger partial charge on any atom is -0.380 e. The summed E-state index contributed by atoms with van der Waals surface area (Å²) < 4.78 is 4.62. The second-order valence-corrected chi connectivity index (χ2v) is 2.58. The Morgan fingerprint density at radius 3 is 2.77 bits per heavy atom. The number of pyridine rings is 1. The van der Waals surface area contributed by atoms with E-state index < -0.39 is 6.10 Å². The number of aliphatic hydroxyl groups excluding tert-OH is 1. The summed E-state index contributed by atoms with van der Waals surface area (Å²) >= 11 is 0. The fourth-order valence-corrected chi connectivity index (χ4v) is 1.05. The Morgan fingerprint density at radius 2 is 2.15 bits per heavy atom. The minimum absolute atomic E-state index is 0.471. The molecule has 1 N–H and O–H groups in total. The molecule has 2 aromatic heterocycles. The monoisotopic (exact) mass is 176 g/mol. The maximum Gasteiger partial charge on any atom is 0.141 e. The van der Waals surface area contributed by atoms with Crippen molar-refractivity contribution in [1.29, 1.82) is 0 Å². The largest absolute Gasteiger partial charge is 0.380 e. The molecule has 0 bridgehead atoms. The van der Waals surface area contributed by atoms with Crippen LogP contribution in [0.2, 0.25) is 0 Å². The van der Waals surface area contributed by atoms with E-state index in [1.807, 2.05) is 6.07 Å². The molecule has 0 aliphatic heterocycles. The van der Waals surface area contributed by atoms with E-state index in [0.717, 1.165) is 0 Å². The van der Waals surface area contributed by atoms with Crippen molar-refractivity contribution in [3.63, 3.8) is 0 Å². The van der Waals surface area contributed by atoms with Crippen molar-refractivity contribution >= 4 is 0 Å². The van der Waals surface area contributed by atoms with Gasteiger partial charge in [0.15, 0.2) is 0 Å². The third-order valence-corrected chi connectivity index (χ3v) is 1.71. The van der Waals surface area contributed by atoms with E-state index in [-0.39, 0.29) is 0 Å². The molecule has 0 saturated heterocycles. The Kier molecular flexibility index (Phi) is 2.06. The molecule has 0 aliphatic carbocycles. The topological polar surface area (TPSA) is 59.2 Å². The van der Waals surface area contributed by atoms with Crippen molar-refractivity contribution in [2.45, 2.75) is 6.10 Å². The Morgan fingerprint density at radius 1 is 1.23 bits per heavy atom. The first-order valence-electron chi connectivity index (χ1n) is 3.87. The van der Waals surface area contributed by atoms with Crippen LogP contribution in [0.1, 0.15) is 17.5 Å². The van der Waals surface area contributed by atoms with E-state index in [2.05, 4.69) is 14.7 Å². The van der Waals surface area contributed by atoms with Crippen LogP contribution in [0.4, 0.5) is 0 Å². The maximum absolute atomic E-state index is 9.70. The number of rotatable bonds is 2. The fourth-order valence-electron chi connectivity index (χ4n) is 1.05. The predicted molar refractivity (Wildman–Crippen MR) is 44.8 cm³/mol. The number of nitrogens with zero attached hydrogens (tertiary/aromatic N) is 2. The van der Waals surface area contributed by atoms with Gasteiger partial charge in [0.25, 0.3) is 0 Å². The highest BCUT2D eigenvalue weighted by atomic mass is 16.5. The fraction of sp³-hybridized carbons (Fsp3) is 0.111. The van der Waals surface area contributed by atoms with Gasteiger partial charge in [0, 0.05) is 12.3 Å². The molecule has 0 amide bonds. The van der Waals surface area contributed by atoms with Crippen molar-refractivity contribution in [2.75, 3.05) is 0 Å². The predicted octanol–water partition coefficient (Wildman–Crippen LogP) is 1.15. The van der Waals surface area contributed by atoms with Crippen molar-refractivity contribution in [3.8, 4) is 0 Å². The molecule has 0 aliphatic rings. The molecule has 0 saturated carbocycles. The summed E-state index contributed by atoms with van der Waals surface area (Å²) in [6.45, 7) is 0. The first-order chi connectivity index (χ1) is 6.38. The van der Waals surface area contributed by atoms with Crippen LogP contribution in [0, 0.1) is 0 Å². The zero-order chi connectivity index (χ0) is 9.10. The SMILES string of the molecule is OC(c1ccccn1)c1ccon1. The normalized spacial score (nSPS) is 12.7. The highest BCUT2D eigenvalue weighted by molar-refractivity contribution is 5.16. The smallest absolute Gasteiger partial charge is 0.141 e. The van der Waals surface area contributed by atoms with Gasteiger partial charge in [-0.3, -0.25) is 4.98 Å². The third-order valence-electron chi connectivity index (χ3n) is 1.71. The van der Waals surface area contributed by atoms with E-state index in [4.69, 9.17) is 0 Å². The quantitative estimate of drug-likeness (QED) is 0.745. The molecule has 0 spiro atoms. The van der Waals surface area contributed by atoms with Crippen LogP contribution in [-0.2, 0) is 0 Å². The number of hydrogen-bond donors (Lipinski definition) is 1. The molecular formula is C9H8N2O2. The summed E-state index contributed by atoms with van der Waals surface area (Å²) in [6, 6.07) is 6.95. The molecule has 0 radical (unpaired) electrons. The second kappa shape index (κ2) is 3.37. The summed E-state index contributed by atoms with van der Waals surface area (Å²) in [5.41, 5.74) is 1.04. The lowest BCUT2D eigenvalue weighted by atomic mass is 10.2. The van der Waals surface area contributed by atoms with Crippen molar-refractivity contribution in [3.05, 3.63) is 48.1 Å². The van der Waals surface area contributed by atoms with Crippen LogP contribution >= 0.6 is 0 Å². The maximum atomic E-state index is 9.70. The summed E-state index contributed by atoms with van der Waals surface area (Å²) in [4.78, 5) is 4.00. The number of hydrogen-bond acceptors (Lipinski definition) is 4. The van der Waals surface area contributed by atoms with Gasteiger partial charge < -0.3 is 9.63 Å². The van der Waals surface area contributed by atoms with Crippen molar-refractivity contribution < 1.29 is 9.63 Å². The average molecular weight is 176 g/mol. The molecule has 66 valence electrons. The summed E-state index contributed by atoms with van der Waals surface area (Å²) in [7, 11) is 0. The Balaban J connectivity index is 2.29. The summed E-state index contributed by atoms with van der Waals surface area (Å²) in [5, 5.41) is 13.3. The van der Waals surface area contributed by atoms with Gasteiger partial charge in [-0.05, 0) is 12.1 Å². The molecule has 1 unspecified atom stereocenters. The van der Waals surface area contributed by atoms with Crippen LogP contribution < -0.4 is 0 Å². The summed E-state index contributed by atoms with van der Waals surface area (Å²) in [6.07, 6.45) is 2.24. The van der Waals surface area contributed by atoms with E-state index in [1.54, 1.807) is 24.4 Å². The van der Waals surface area contributed by atoms with Gasteiger partial charge in [-0.2, -0.15) is 0 Å². The molecule has 0 aromatic carbocycles. The van der Waals surface area contributed by atoms with Crippen molar-refractivity contribution in [2.24, 2.45) is 0 Å². The van der Waals surface area contributed by atoms with E-state index in [1.165, 1.54) is 6.26 Å². The van der Waals surface area contributed by atoms with Crippen LogP contribution in [0.25, 0.3) is 0 Å². The molecule has 13 heavy (non-hydrogen) atoms. The van der Waals surface area contributed by atoms with Crippen LogP contribution in [0.3, 0.4) is 0 Å². The van der Waals surface area contributed by atoms with Gasteiger partial charge >= 0.3 is 0 Å². The lowest BCUT2D eigenvalue weighted by Gasteiger charge is -2.04. The van der Waals surface area contributed by atoms with Crippen LogP contribution in [0.15, 0.2) is 41.2 Å². The van der Waals surface area contributed by atoms with E-state index in [9.17, 15) is 5.11 Å². The molecule has 2 rings (SSSR count). The molecule has 4 heteroatoms. The van der Waals surface area contributed by atoms with Gasteiger partial charge in [0.05, 0.1) is 5.69 Å². The van der Waals surface area contributed by atoms with Gasteiger partial charge in [0.2, 0.25) is 0 Å².